The summed E-state index contributed by atoms with van der Waals surface area (Å²) in [6, 6.07) is 10.0. The molecule has 0 heterocycles. The fourth-order valence-corrected chi connectivity index (χ4v) is 1.11. The quantitative estimate of drug-likeness (QED) is 0.696. The van der Waals surface area contributed by atoms with Crippen LogP contribution in [0, 0.1) is 0 Å². The Morgan fingerprint density at radius 2 is 1.83 bits per heavy atom. The topological polar surface area (TPSA) is 52.0 Å². The second-order valence-corrected chi connectivity index (χ2v) is 2.54. The van der Waals surface area contributed by atoms with Gasteiger partial charge in [0.2, 0.25) is 0 Å². The third-order valence-electron chi connectivity index (χ3n) is 1.73. The highest BCUT2D eigenvalue weighted by atomic mass is 14.5. The van der Waals surface area contributed by atoms with E-state index in [0.29, 0.717) is 13.1 Å². The van der Waals surface area contributed by atoms with E-state index in [4.69, 9.17) is 11.5 Å². The molecule has 1 rings (SSSR count). The minimum atomic E-state index is 0.543. The number of nitrogens with two attached hydrogens (primary N) is 2. The lowest BCUT2D eigenvalue weighted by Crippen LogP contribution is -2.05. The van der Waals surface area contributed by atoms with Gasteiger partial charge in [0.05, 0.1) is 0 Å². The number of hydrogen-bond acceptors (Lipinski definition) is 2. The van der Waals surface area contributed by atoms with Gasteiger partial charge in [-0.15, -0.1) is 0 Å². The van der Waals surface area contributed by atoms with Gasteiger partial charge in [-0.3, -0.25) is 0 Å². The maximum atomic E-state index is 5.57. The van der Waals surface area contributed by atoms with Crippen LogP contribution in [-0.2, 0) is 0 Å². The van der Waals surface area contributed by atoms with Gasteiger partial charge < -0.3 is 11.5 Å². The molecule has 12 heavy (non-hydrogen) atoms. The molecule has 0 aliphatic carbocycles. The van der Waals surface area contributed by atoms with Gasteiger partial charge in [-0.2, -0.15) is 0 Å². The van der Waals surface area contributed by atoms with Gasteiger partial charge >= 0.3 is 0 Å². The summed E-state index contributed by atoms with van der Waals surface area (Å²) in [6.45, 7) is 1.09. The molecule has 2 heteroatoms. The van der Waals surface area contributed by atoms with Crippen LogP contribution >= 0.6 is 0 Å². The molecule has 64 valence electrons. The normalized spacial score (nSPS) is 11.7. The second kappa shape index (κ2) is 4.70. The summed E-state index contributed by atoms with van der Waals surface area (Å²) < 4.78 is 0. The highest BCUT2D eigenvalue weighted by Gasteiger charge is 1.95. The molecule has 0 aromatic heterocycles. The van der Waals surface area contributed by atoms with Crippen molar-refractivity contribution in [2.45, 2.75) is 0 Å². The minimum Gasteiger partial charge on any atom is -0.327 e. The third-order valence-corrected chi connectivity index (χ3v) is 1.73. The molecule has 1 aromatic rings. The molecule has 0 saturated carbocycles. The third kappa shape index (κ3) is 2.19. The molecule has 0 atom stereocenters. The smallest absolute Gasteiger partial charge is 0.0181 e. The number of benzene rings is 1. The first kappa shape index (κ1) is 8.97. The van der Waals surface area contributed by atoms with E-state index in [1.165, 1.54) is 0 Å². The fourth-order valence-electron chi connectivity index (χ4n) is 1.11. The van der Waals surface area contributed by atoms with Crippen LogP contribution in [-0.4, -0.2) is 13.1 Å². The van der Waals surface area contributed by atoms with Gasteiger partial charge in [-0.1, -0.05) is 36.4 Å². The van der Waals surface area contributed by atoms with Crippen LogP contribution in [0.4, 0.5) is 0 Å². The molecular weight excluding hydrogens is 148 g/mol. The average molecular weight is 162 g/mol. The van der Waals surface area contributed by atoms with Crippen molar-refractivity contribution in [3.05, 3.63) is 42.0 Å². The van der Waals surface area contributed by atoms with E-state index in [1.54, 1.807) is 0 Å². The van der Waals surface area contributed by atoms with Gasteiger partial charge in [0.15, 0.2) is 0 Å². The molecule has 0 aliphatic heterocycles. The predicted octanol–water partition coefficient (Wildman–Crippen LogP) is 0.987. The maximum Gasteiger partial charge on any atom is 0.0181 e. The maximum absolute atomic E-state index is 5.57. The first-order valence-electron chi connectivity index (χ1n) is 4.03. The van der Waals surface area contributed by atoms with E-state index >= 15 is 0 Å². The van der Waals surface area contributed by atoms with Crippen molar-refractivity contribution < 1.29 is 0 Å². The zero-order valence-electron chi connectivity index (χ0n) is 7.03. The summed E-state index contributed by atoms with van der Waals surface area (Å²) in [5.41, 5.74) is 13.2. The fraction of sp³-hybridized carbons (Fsp3) is 0.200. The molecule has 1 aromatic carbocycles. The molecule has 0 unspecified atom stereocenters. The lowest BCUT2D eigenvalue weighted by Gasteiger charge is -2.03. The van der Waals surface area contributed by atoms with Gasteiger partial charge in [0, 0.05) is 13.1 Å². The zero-order valence-corrected chi connectivity index (χ0v) is 7.03. The molecule has 0 saturated heterocycles. The molecular formula is C10H14N2. The zero-order chi connectivity index (χ0) is 8.81. The van der Waals surface area contributed by atoms with E-state index in [2.05, 4.69) is 0 Å². The predicted molar refractivity (Wildman–Crippen MR) is 52.5 cm³/mol. The Hall–Kier alpha value is -1.12. The molecule has 0 aliphatic rings. The molecule has 0 bridgehead atoms. The highest BCUT2D eigenvalue weighted by Crippen LogP contribution is 2.10. The molecule has 0 fully saturated rings. The van der Waals surface area contributed by atoms with Crippen LogP contribution in [0.2, 0.25) is 0 Å². The summed E-state index contributed by atoms with van der Waals surface area (Å²) in [5.74, 6) is 0. The summed E-state index contributed by atoms with van der Waals surface area (Å²) in [6.07, 6.45) is 1.95. The Kier molecular flexibility index (Phi) is 3.51. The van der Waals surface area contributed by atoms with Gasteiger partial charge in [0.1, 0.15) is 0 Å². The Labute approximate surface area is 72.9 Å². The Balaban J connectivity index is 2.88. The lowest BCUT2D eigenvalue weighted by molar-refractivity contribution is 1.21. The summed E-state index contributed by atoms with van der Waals surface area (Å²) in [7, 11) is 0. The summed E-state index contributed by atoms with van der Waals surface area (Å²) >= 11 is 0. The molecule has 4 N–H and O–H groups in total. The SMILES string of the molecule is NC/C=C(\CN)c1ccccc1. The first-order valence-corrected chi connectivity index (χ1v) is 4.03. The van der Waals surface area contributed by atoms with Crippen molar-refractivity contribution in [3.8, 4) is 0 Å². The van der Waals surface area contributed by atoms with Crippen molar-refractivity contribution in [2.75, 3.05) is 13.1 Å². The number of rotatable bonds is 3. The van der Waals surface area contributed by atoms with Gasteiger partial charge in [-0.25, -0.2) is 0 Å². The molecule has 2 nitrogen and oxygen atoms in total. The van der Waals surface area contributed by atoms with Gasteiger partial charge in [-0.05, 0) is 11.1 Å². The van der Waals surface area contributed by atoms with Crippen LogP contribution in [0.15, 0.2) is 36.4 Å². The van der Waals surface area contributed by atoms with Crippen molar-refractivity contribution in [3.63, 3.8) is 0 Å². The highest BCUT2D eigenvalue weighted by molar-refractivity contribution is 5.66. The van der Waals surface area contributed by atoms with Crippen LogP contribution < -0.4 is 11.5 Å². The van der Waals surface area contributed by atoms with E-state index < -0.39 is 0 Å². The summed E-state index contributed by atoms with van der Waals surface area (Å²) in [4.78, 5) is 0. The van der Waals surface area contributed by atoms with E-state index in [-0.39, 0.29) is 0 Å². The monoisotopic (exact) mass is 162 g/mol. The molecule has 0 amide bonds. The van der Waals surface area contributed by atoms with Crippen molar-refractivity contribution in [2.24, 2.45) is 11.5 Å². The molecule has 0 radical (unpaired) electrons. The first-order chi connectivity index (χ1) is 5.88. The van der Waals surface area contributed by atoms with Crippen molar-refractivity contribution in [1.82, 2.24) is 0 Å². The molecule has 0 spiro atoms. The van der Waals surface area contributed by atoms with Crippen molar-refractivity contribution in [1.29, 1.82) is 0 Å². The van der Waals surface area contributed by atoms with Crippen molar-refractivity contribution >= 4 is 5.57 Å². The standard InChI is InChI=1S/C10H14N2/c11-7-6-10(8-12)9-4-2-1-3-5-9/h1-6H,7-8,11-12H2/b10-6+. The Bertz CT molecular complexity index is 252. The largest absolute Gasteiger partial charge is 0.327 e. The Morgan fingerprint density at radius 3 is 2.33 bits per heavy atom. The van der Waals surface area contributed by atoms with E-state index in [9.17, 15) is 0 Å². The second-order valence-electron chi connectivity index (χ2n) is 2.54. The van der Waals surface area contributed by atoms with E-state index in [0.717, 1.165) is 11.1 Å². The van der Waals surface area contributed by atoms with E-state index in [1.807, 2.05) is 36.4 Å². The van der Waals surface area contributed by atoms with Gasteiger partial charge in [0.25, 0.3) is 0 Å². The lowest BCUT2D eigenvalue weighted by atomic mass is 10.1. The van der Waals surface area contributed by atoms with Crippen LogP contribution in [0.3, 0.4) is 0 Å². The number of hydrogen-bond donors (Lipinski definition) is 2. The van der Waals surface area contributed by atoms with Crippen LogP contribution in [0.25, 0.3) is 5.57 Å². The minimum absolute atomic E-state index is 0.543. The van der Waals surface area contributed by atoms with Crippen LogP contribution in [0.1, 0.15) is 5.56 Å². The Morgan fingerprint density at radius 1 is 1.17 bits per heavy atom. The summed E-state index contributed by atoms with van der Waals surface area (Å²) in [5, 5.41) is 0. The average Bonchev–Trinajstić information content (AvgIpc) is 2.15. The van der Waals surface area contributed by atoms with Crippen LogP contribution in [0.5, 0.6) is 0 Å².